The first kappa shape index (κ1) is 21.5. The Hall–Kier alpha value is -1.71. The maximum atomic E-state index is 5.45. The summed E-state index contributed by atoms with van der Waals surface area (Å²) in [5.74, 6) is 2.70. The maximum absolute atomic E-state index is 5.45. The van der Waals surface area contributed by atoms with E-state index in [4.69, 9.17) is 9.73 Å². The van der Waals surface area contributed by atoms with Crippen LogP contribution < -0.4 is 10.6 Å². The van der Waals surface area contributed by atoms with E-state index in [2.05, 4.69) is 30.6 Å². The van der Waals surface area contributed by atoms with Gasteiger partial charge in [-0.05, 0) is 26.2 Å². The van der Waals surface area contributed by atoms with E-state index in [1.807, 2.05) is 18.5 Å². The third-order valence-corrected chi connectivity index (χ3v) is 6.79. The van der Waals surface area contributed by atoms with E-state index in [9.17, 15) is 0 Å². The molecule has 1 saturated carbocycles. The zero-order valence-electron chi connectivity index (χ0n) is 18.6. The van der Waals surface area contributed by atoms with Crippen molar-refractivity contribution >= 4 is 5.96 Å². The second kappa shape index (κ2) is 10.5. The molecule has 2 aliphatic heterocycles. The van der Waals surface area contributed by atoms with E-state index >= 15 is 0 Å². The largest absolute Gasteiger partial charge is 0.379 e. The van der Waals surface area contributed by atoms with Gasteiger partial charge in [0.2, 0.25) is 0 Å². The van der Waals surface area contributed by atoms with Crippen LogP contribution in [0.25, 0.3) is 0 Å². The predicted octanol–water partition coefficient (Wildman–Crippen LogP) is 0.508. The predicted molar refractivity (Wildman–Crippen MR) is 118 cm³/mol. The van der Waals surface area contributed by atoms with Gasteiger partial charge < -0.3 is 19.9 Å². The molecule has 3 heterocycles. The van der Waals surface area contributed by atoms with E-state index in [0.29, 0.717) is 12.6 Å². The molecule has 4 rings (SSSR count). The van der Waals surface area contributed by atoms with Gasteiger partial charge in [0.25, 0.3) is 0 Å². The monoisotopic (exact) mass is 418 g/mol. The highest BCUT2D eigenvalue weighted by Crippen LogP contribution is 2.26. The number of morpholine rings is 1. The molecule has 9 heteroatoms. The Bertz CT molecular complexity index is 693. The summed E-state index contributed by atoms with van der Waals surface area (Å²) >= 11 is 0. The summed E-state index contributed by atoms with van der Waals surface area (Å²) in [6.45, 7) is 10.4. The van der Waals surface area contributed by atoms with Crippen LogP contribution in [0.2, 0.25) is 0 Å². The first-order valence-electron chi connectivity index (χ1n) is 11.6. The smallest absolute Gasteiger partial charge is 0.192 e. The van der Waals surface area contributed by atoms with Gasteiger partial charge in [-0.25, -0.2) is 4.99 Å². The van der Waals surface area contributed by atoms with E-state index in [1.165, 1.54) is 38.6 Å². The highest BCUT2D eigenvalue weighted by Gasteiger charge is 2.30. The van der Waals surface area contributed by atoms with Crippen LogP contribution in [0.15, 0.2) is 4.99 Å². The number of aryl methyl sites for hydroxylation is 1. The van der Waals surface area contributed by atoms with Crippen molar-refractivity contribution < 1.29 is 4.74 Å². The van der Waals surface area contributed by atoms with Gasteiger partial charge in [-0.15, -0.1) is 10.2 Å². The molecule has 1 aromatic rings. The lowest BCUT2D eigenvalue weighted by Gasteiger charge is -2.27. The molecule has 2 saturated heterocycles. The maximum Gasteiger partial charge on any atom is 0.192 e. The quantitative estimate of drug-likeness (QED) is 0.493. The molecule has 1 unspecified atom stereocenters. The Morgan fingerprint density at radius 1 is 1.13 bits per heavy atom. The van der Waals surface area contributed by atoms with Gasteiger partial charge in [-0.3, -0.25) is 9.80 Å². The van der Waals surface area contributed by atoms with Crippen LogP contribution in [0.3, 0.4) is 0 Å². The number of likely N-dealkylation sites (tertiary alicyclic amines) is 1. The van der Waals surface area contributed by atoms with Crippen LogP contribution >= 0.6 is 0 Å². The van der Waals surface area contributed by atoms with E-state index < -0.39 is 0 Å². The van der Waals surface area contributed by atoms with Crippen LogP contribution in [0.1, 0.15) is 43.8 Å². The van der Waals surface area contributed by atoms with Crippen molar-refractivity contribution in [1.29, 1.82) is 0 Å². The minimum atomic E-state index is 0.460. The summed E-state index contributed by atoms with van der Waals surface area (Å²) in [5, 5.41) is 15.7. The Morgan fingerprint density at radius 3 is 2.67 bits per heavy atom. The van der Waals surface area contributed by atoms with E-state index in [1.54, 1.807) is 0 Å². The Balaban J connectivity index is 1.32. The molecule has 1 aromatic heterocycles. The number of hydrogen-bond acceptors (Lipinski definition) is 6. The molecule has 30 heavy (non-hydrogen) atoms. The van der Waals surface area contributed by atoms with E-state index in [-0.39, 0.29) is 0 Å². The van der Waals surface area contributed by atoms with Gasteiger partial charge in [-0.1, -0.05) is 12.8 Å². The van der Waals surface area contributed by atoms with Gasteiger partial charge in [0.1, 0.15) is 12.4 Å². The lowest BCUT2D eigenvalue weighted by atomic mass is 10.2. The van der Waals surface area contributed by atoms with Crippen molar-refractivity contribution in [2.75, 3.05) is 52.5 Å². The number of nitrogens with one attached hydrogen (secondary N) is 2. The van der Waals surface area contributed by atoms with Crippen LogP contribution in [0.4, 0.5) is 0 Å². The van der Waals surface area contributed by atoms with Crippen molar-refractivity contribution in [3.05, 3.63) is 11.6 Å². The summed E-state index contributed by atoms with van der Waals surface area (Å²) in [6, 6.07) is 1.26. The van der Waals surface area contributed by atoms with Crippen molar-refractivity contribution in [3.63, 3.8) is 0 Å². The SMILES string of the molecule is Cc1nnc(CN=C(NCCN2CCOCC2)NC2CCN(C3CCCC3)C2)n1C. The van der Waals surface area contributed by atoms with Crippen LogP contribution in [0.5, 0.6) is 0 Å². The molecule has 168 valence electrons. The molecular weight excluding hydrogens is 380 g/mol. The summed E-state index contributed by atoms with van der Waals surface area (Å²) in [5.41, 5.74) is 0. The third-order valence-electron chi connectivity index (χ3n) is 6.79. The van der Waals surface area contributed by atoms with Gasteiger partial charge in [0, 0.05) is 58.4 Å². The third kappa shape index (κ3) is 5.70. The average molecular weight is 419 g/mol. The van der Waals surface area contributed by atoms with Crippen molar-refractivity contribution in [2.24, 2.45) is 12.0 Å². The molecule has 0 aromatic carbocycles. The average Bonchev–Trinajstić information content (AvgIpc) is 3.50. The summed E-state index contributed by atoms with van der Waals surface area (Å²) in [4.78, 5) is 9.97. The van der Waals surface area contributed by atoms with Gasteiger partial charge in [0.15, 0.2) is 11.8 Å². The summed E-state index contributed by atoms with van der Waals surface area (Å²) in [6.07, 6.45) is 6.72. The molecule has 0 radical (unpaired) electrons. The molecule has 3 aliphatic rings. The van der Waals surface area contributed by atoms with Gasteiger partial charge in [0.05, 0.1) is 13.2 Å². The number of aliphatic imine (C=N–C) groups is 1. The minimum absolute atomic E-state index is 0.460. The van der Waals surface area contributed by atoms with E-state index in [0.717, 1.165) is 69.6 Å². The van der Waals surface area contributed by atoms with Crippen LogP contribution in [-0.2, 0) is 18.3 Å². The number of hydrogen-bond donors (Lipinski definition) is 2. The van der Waals surface area contributed by atoms with Crippen molar-refractivity contribution in [3.8, 4) is 0 Å². The topological polar surface area (TPSA) is 82.8 Å². The summed E-state index contributed by atoms with van der Waals surface area (Å²) in [7, 11) is 2.00. The molecule has 9 nitrogen and oxygen atoms in total. The Kier molecular flexibility index (Phi) is 7.57. The standard InChI is InChI=1S/C21H38N8O/c1-17-25-26-20(27(17)2)15-23-21(22-8-10-28-11-13-30-14-12-28)24-18-7-9-29(16-18)19-5-3-4-6-19/h18-19H,3-16H2,1-2H3,(H2,22,23,24). The normalized spacial score (nSPS) is 24.6. The van der Waals surface area contributed by atoms with Crippen LogP contribution in [0, 0.1) is 6.92 Å². The Labute approximate surface area is 180 Å². The number of rotatable bonds is 7. The number of aromatic nitrogens is 3. The highest BCUT2D eigenvalue weighted by molar-refractivity contribution is 5.80. The zero-order valence-corrected chi connectivity index (χ0v) is 18.6. The minimum Gasteiger partial charge on any atom is -0.379 e. The fraction of sp³-hybridized carbons (Fsp3) is 0.857. The molecule has 0 spiro atoms. The van der Waals surface area contributed by atoms with Gasteiger partial charge >= 0.3 is 0 Å². The Morgan fingerprint density at radius 2 is 1.93 bits per heavy atom. The number of guanidine groups is 1. The fourth-order valence-electron chi connectivity index (χ4n) is 4.75. The second-order valence-corrected chi connectivity index (χ2v) is 8.83. The molecule has 0 bridgehead atoms. The first-order chi connectivity index (χ1) is 14.7. The molecule has 2 N–H and O–H groups in total. The highest BCUT2D eigenvalue weighted by atomic mass is 16.5. The lowest BCUT2D eigenvalue weighted by Crippen LogP contribution is -2.48. The fourth-order valence-corrected chi connectivity index (χ4v) is 4.75. The first-order valence-corrected chi connectivity index (χ1v) is 11.6. The van der Waals surface area contributed by atoms with Crippen LogP contribution in [-0.4, -0.2) is 95.1 Å². The van der Waals surface area contributed by atoms with Crippen molar-refractivity contribution in [1.82, 2.24) is 35.2 Å². The summed E-state index contributed by atoms with van der Waals surface area (Å²) < 4.78 is 7.46. The molecular formula is C21H38N8O. The molecule has 0 amide bonds. The molecule has 1 aliphatic carbocycles. The number of ether oxygens (including phenoxy) is 1. The molecule has 1 atom stereocenters. The number of nitrogens with zero attached hydrogens (tertiary/aromatic N) is 6. The lowest BCUT2D eigenvalue weighted by molar-refractivity contribution is 0.0389. The van der Waals surface area contributed by atoms with Crippen molar-refractivity contribution in [2.45, 2.75) is 57.7 Å². The zero-order chi connectivity index (χ0) is 20.8. The van der Waals surface area contributed by atoms with Gasteiger partial charge in [-0.2, -0.15) is 0 Å². The second-order valence-electron chi connectivity index (χ2n) is 8.83. The molecule has 3 fully saturated rings.